The number of thioether (sulfide) groups is 1. The molecule has 2 aromatic heterocycles. The van der Waals surface area contributed by atoms with E-state index in [1.165, 1.54) is 17.8 Å². The molecule has 0 radical (unpaired) electrons. The highest BCUT2D eigenvalue weighted by atomic mass is 32.2. The Morgan fingerprint density at radius 2 is 1.87 bits per heavy atom. The number of benzene rings is 2. The smallest absolute Gasteiger partial charge is 0.340 e. The van der Waals surface area contributed by atoms with E-state index in [2.05, 4.69) is 10.2 Å². The number of esters is 1. The van der Waals surface area contributed by atoms with E-state index in [9.17, 15) is 9.18 Å². The fraction of sp³-hybridized carbons (Fsp3) is 0.217. The molecule has 4 aromatic rings. The largest absolute Gasteiger partial charge is 0.462 e. The van der Waals surface area contributed by atoms with Gasteiger partial charge in [0, 0.05) is 18.2 Å². The Balaban J connectivity index is 1.69. The van der Waals surface area contributed by atoms with Gasteiger partial charge in [0.15, 0.2) is 11.0 Å². The lowest BCUT2D eigenvalue weighted by Gasteiger charge is -2.13. The summed E-state index contributed by atoms with van der Waals surface area (Å²) in [6, 6.07) is 14.2. The molecule has 2 heterocycles. The number of aryl methyl sites for hydroxylation is 1. The third-order valence-corrected chi connectivity index (χ3v) is 6.03. The molecule has 0 aliphatic heterocycles. The van der Waals surface area contributed by atoms with Crippen LogP contribution in [0.25, 0.3) is 22.3 Å². The van der Waals surface area contributed by atoms with Crippen LogP contribution in [0.1, 0.15) is 28.5 Å². The SMILES string of the molecule is CCOC(=O)c1c(CSc2nnc(-c3ccccc3F)n2C)nc2ccccc2c1C. The Hall–Kier alpha value is -3.26. The predicted molar refractivity (Wildman–Crippen MR) is 118 cm³/mol. The van der Waals surface area contributed by atoms with Crippen LogP contribution in [0.4, 0.5) is 4.39 Å². The number of hydrogen-bond acceptors (Lipinski definition) is 6. The first-order valence-corrected chi connectivity index (χ1v) is 10.8. The molecule has 0 aliphatic rings. The first-order chi connectivity index (χ1) is 15.0. The van der Waals surface area contributed by atoms with E-state index in [1.54, 1.807) is 36.7 Å². The van der Waals surface area contributed by atoms with Crippen molar-refractivity contribution in [1.82, 2.24) is 19.7 Å². The van der Waals surface area contributed by atoms with Gasteiger partial charge < -0.3 is 9.30 Å². The number of fused-ring (bicyclic) bond motifs is 1. The number of carbonyl (C=O) groups is 1. The third-order valence-electron chi connectivity index (χ3n) is 4.99. The zero-order valence-corrected chi connectivity index (χ0v) is 18.2. The Morgan fingerprint density at radius 3 is 2.65 bits per heavy atom. The number of nitrogens with zero attached hydrogens (tertiary/aromatic N) is 4. The fourth-order valence-corrected chi connectivity index (χ4v) is 4.32. The normalized spacial score (nSPS) is 11.1. The minimum absolute atomic E-state index is 0.285. The van der Waals surface area contributed by atoms with Crippen LogP contribution in [0.3, 0.4) is 0 Å². The van der Waals surface area contributed by atoms with Gasteiger partial charge in [0.25, 0.3) is 0 Å². The lowest BCUT2D eigenvalue weighted by atomic mass is 10.0. The molecule has 0 saturated carbocycles. The van der Waals surface area contributed by atoms with E-state index < -0.39 is 0 Å². The number of pyridine rings is 1. The molecule has 0 atom stereocenters. The van der Waals surface area contributed by atoms with Gasteiger partial charge in [-0.15, -0.1) is 10.2 Å². The third kappa shape index (κ3) is 4.03. The summed E-state index contributed by atoms with van der Waals surface area (Å²) in [5.41, 5.74) is 3.13. The van der Waals surface area contributed by atoms with Crippen molar-refractivity contribution in [2.45, 2.75) is 24.8 Å². The summed E-state index contributed by atoms with van der Waals surface area (Å²) in [5.74, 6) is 0.0852. The van der Waals surface area contributed by atoms with Crippen molar-refractivity contribution in [2.24, 2.45) is 7.05 Å². The molecule has 0 fully saturated rings. The van der Waals surface area contributed by atoms with Crippen molar-refractivity contribution in [1.29, 1.82) is 0 Å². The number of halogens is 1. The quantitative estimate of drug-likeness (QED) is 0.315. The standard InChI is InChI=1S/C23H21FN4O2S/c1-4-30-22(29)20-14(2)15-9-6-8-12-18(15)25-19(20)13-31-23-27-26-21(28(23)3)16-10-5-7-11-17(16)24/h5-12H,4,13H2,1-3H3. The van der Waals surface area contributed by atoms with Crippen LogP contribution in [0.2, 0.25) is 0 Å². The van der Waals surface area contributed by atoms with Gasteiger partial charge in [0.05, 0.1) is 28.9 Å². The Labute approximate surface area is 183 Å². The molecule has 0 saturated heterocycles. The van der Waals surface area contributed by atoms with E-state index in [1.807, 2.05) is 31.2 Å². The van der Waals surface area contributed by atoms with Crippen molar-refractivity contribution < 1.29 is 13.9 Å². The van der Waals surface area contributed by atoms with Gasteiger partial charge in [-0.25, -0.2) is 9.18 Å². The average molecular weight is 437 g/mol. The van der Waals surface area contributed by atoms with Gasteiger partial charge in [0.1, 0.15) is 5.82 Å². The topological polar surface area (TPSA) is 69.9 Å². The molecule has 8 heteroatoms. The first-order valence-electron chi connectivity index (χ1n) is 9.83. The molecule has 0 N–H and O–H groups in total. The van der Waals surface area contributed by atoms with Crippen LogP contribution in [-0.4, -0.2) is 32.3 Å². The highest BCUT2D eigenvalue weighted by Gasteiger charge is 2.21. The number of para-hydroxylation sites is 1. The molecule has 0 spiro atoms. The van der Waals surface area contributed by atoms with Crippen molar-refractivity contribution in [2.75, 3.05) is 6.61 Å². The molecular formula is C23H21FN4O2S. The highest BCUT2D eigenvalue weighted by Crippen LogP contribution is 2.30. The second-order valence-electron chi connectivity index (χ2n) is 6.93. The summed E-state index contributed by atoms with van der Waals surface area (Å²) in [4.78, 5) is 17.4. The minimum atomic E-state index is -0.390. The van der Waals surface area contributed by atoms with Crippen LogP contribution < -0.4 is 0 Å². The van der Waals surface area contributed by atoms with Crippen LogP contribution in [-0.2, 0) is 17.5 Å². The van der Waals surface area contributed by atoms with Gasteiger partial charge in [-0.2, -0.15) is 0 Å². The Morgan fingerprint density at radius 1 is 1.13 bits per heavy atom. The molecule has 31 heavy (non-hydrogen) atoms. The van der Waals surface area contributed by atoms with Crippen LogP contribution in [0.15, 0.2) is 53.7 Å². The zero-order valence-electron chi connectivity index (χ0n) is 17.4. The molecule has 158 valence electrons. The maximum absolute atomic E-state index is 14.2. The predicted octanol–water partition coefficient (Wildman–Crippen LogP) is 4.95. The fourth-order valence-electron chi connectivity index (χ4n) is 3.47. The summed E-state index contributed by atoms with van der Waals surface area (Å²) in [5, 5.41) is 9.88. The average Bonchev–Trinajstić information content (AvgIpc) is 3.13. The van der Waals surface area contributed by atoms with E-state index in [0.717, 1.165) is 16.5 Å². The van der Waals surface area contributed by atoms with Gasteiger partial charge in [0.2, 0.25) is 0 Å². The van der Waals surface area contributed by atoms with Crippen molar-refractivity contribution >= 4 is 28.6 Å². The highest BCUT2D eigenvalue weighted by molar-refractivity contribution is 7.98. The minimum Gasteiger partial charge on any atom is -0.462 e. The molecule has 0 bridgehead atoms. The van der Waals surface area contributed by atoms with E-state index in [0.29, 0.717) is 33.6 Å². The molecule has 0 amide bonds. The lowest BCUT2D eigenvalue weighted by molar-refractivity contribution is 0.0524. The number of ether oxygens (including phenoxy) is 1. The summed E-state index contributed by atoms with van der Waals surface area (Å²) >= 11 is 1.39. The maximum atomic E-state index is 14.2. The summed E-state index contributed by atoms with van der Waals surface area (Å²) in [6.45, 7) is 3.97. The number of rotatable bonds is 6. The summed E-state index contributed by atoms with van der Waals surface area (Å²) in [7, 11) is 1.79. The number of aromatic nitrogens is 4. The van der Waals surface area contributed by atoms with Crippen LogP contribution >= 0.6 is 11.8 Å². The van der Waals surface area contributed by atoms with Gasteiger partial charge in [-0.1, -0.05) is 42.1 Å². The monoisotopic (exact) mass is 436 g/mol. The molecule has 2 aromatic carbocycles. The van der Waals surface area contributed by atoms with E-state index in [4.69, 9.17) is 9.72 Å². The molecule has 0 unspecified atom stereocenters. The van der Waals surface area contributed by atoms with Crippen molar-refractivity contribution in [3.05, 3.63) is 71.2 Å². The molecule has 6 nitrogen and oxygen atoms in total. The maximum Gasteiger partial charge on any atom is 0.340 e. The van der Waals surface area contributed by atoms with Crippen LogP contribution in [0.5, 0.6) is 0 Å². The van der Waals surface area contributed by atoms with Crippen molar-refractivity contribution in [3.63, 3.8) is 0 Å². The van der Waals surface area contributed by atoms with Gasteiger partial charge >= 0.3 is 5.97 Å². The first kappa shape index (κ1) is 21.0. The summed E-state index contributed by atoms with van der Waals surface area (Å²) in [6.07, 6.45) is 0. The molecule has 0 aliphatic carbocycles. The molecule has 4 rings (SSSR count). The lowest BCUT2D eigenvalue weighted by Crippen LogP contribution is -2.12. The van der Waals surface area contributed by atoms with Gasteiger partial charge in [-0.05, 0) is 37.6 Å². The Bertz CT molecular complexity index is 1270. The number of hydrogen-bond donors (Lipinski definition) is 0. The van der Waals surface area contributed by atoms with E-state index in [-0.39, 0.29) is 18.4 Å². The summed E-state index contributed by atoms with van der Waals surface area (Å²) < 4.78 is 21.2. The van der Waals surface area contributed by atoms with Crippen LogP contribution in [0, 0.1) is 12.7 Å². The van der Waals surface area contributed by atoms with Gasteiger partial charge in [-0.3, -0.25) is 4.98 Å². The Kier molecular flexibility index (Phi) is 5.99. The second-order valence-corrected chi connectivity index (χ2v) is 7.87. The molecular weight excluding hydrogens is 415 g/mol. The van der Waals surface area contributed by atoms with E-state index >= 15 is 0 Å². The number of carbonyl (C=O) groups excluding carboxylic acids is 1. The second kappa shape index (κ2) is 8.85. The zero-order chi connectivity index (χ0) is 22.0. The van der Waals surface area contributed by atoms with Crippen molar-refractivity contribution in [3.8, 4) is 11.4 Å².